The van der Waals surface area contributed by atoms with E-state index in [2.05, 4.69) is 56.3 Å². The van der Waals surface area contributed by atoms with E-state index in [1.165, 1.54) is 86.4 Å². The van der Waals surface area contributed by atoms with Crippen molar-refractivity contribution in [3.8, 4) is 32.6 Å². The van der Waals surface area contributed by atoms with E-state index < -0.39 is 11.9 Å². The molecule has 0 radical (unpaired) electrons. The van der Waals surface area contributed by atoms with Crippen LogP contribution in [0.1, 0.15) is 119 Å². The third-order valence-electron chi connectivity index (χ3n) is 13.3. The highest BCUT2D eigenvalue weighted by Gasteiger charge is 2.20. The Morgan fingerprint density at radius 3 is 1.60 bits per heavy atom. The van der Waals surface area contributed by atoms with Gasteiger partial charge in [0.2, 0.25) is 0 Å². The van der Waals surface area contributed by atoms with E-state index >= 15 is 0 Å². The second-order valence-corrected chi connectivity index (χ2v) is 20.8. The molecule has 408 valence electrons. The molecule has 2 aromatic carbocycles. The van der Waals surface area contributed by atoms with Crippen LogP contribution in [0.5, 0.6) is 11.5 Å². The Kier molecular flexibility index (Phi) is 21.5. The van der Waals surface area contributed by atoms with Crippen molar-refractivity contribution < 1.29 is 33.8 Å². The number of fused-ring (bicyclic) bond motifs is 12. The van der Waals surface area contributed by atoms with Crippen LogP contribution in [0.3, 0.4) is 0 Å². The average molecular weight is 1090 g/mol. The number of aromatic carboxylic acids is 1. The number of nitrogens with two attached hydrogens (primary N) is 1. The lowest BCUT2D eigenvalue weighted by Gasteiger charge is -2.26. The molecule has 8 heterocycles. The number of carboxylic acids is 1. The van der Waals surface area contributed by atoms with Crippen LogP contribution in [-0.2, 0) is 0 Å². The van der Waals surface area contributed by atoms with Gasteiger partial charge in [-0.05, 0) is 151 Å². The smallest absolute Gasteiger partial charge is 0.335 e. The molecule has 6 aromatic rings. The predicted molar refractivity (Wildman–Crippen MR) is 304 cm³/mol. The summed E-state index contributed by atoms with van der Waals surface area (Å²) in [5, 5.41) is 29.5. The molecule has 0 atom stereocenters. The number of carbonyl (C=O) groups is 4. The average Bonchev–Trinajstić information content (AvgIpc) is 4.17. The van der Waals surface area contributed by atoms with Gasteiger partial charge in [0.1, 0.15) is 44.5 Å². The maximum atomic E-state index is 13.1. The predicted octanol–water partition coefficient (Wildman–Crippen LogP) is 9.21. The topological polar surface area (TPSA) is 251 Å². The van der Waals surface area contributed by atoms with Gasteiger partial charge in [0, 0.05) is 79.1 Å². The van der Waals surface area contributed by atoms with Gasteiger partial charge < -0.3 is 56.7 Å². The van der Waals surface area contributed by atoms with Crippen molar-refractivity contribution in [2.24, 2.45) is 5.73 Å². The van der Waals surface area contributed by atoms with Gasteiger partial charge in [-0.25, -0.2) is 24.7 Å². The fourth-order valence-corrected chi connectivity index (χ4v) is 10.7. The third-order valence-corrected chi connectivity index (χ3v) is 15.1. The molecule has 2 saturated heterocycles. The molecule has 8 bridgehead atoms. The van der Waals surface area contributed by atoms with E-state index in [0.717, 1.165) is 112 Å². The van der Waals surface area contributed by atoms with Crippen LogP contribution in [0.4, 0.5) is 23.0 Å². The summed E-state index contributed by atoms with van der Waals surface area (Å²) in [4.78, 5) is 72.7. The van der Waals surface area contributed by atoms with Gasteiger partial charge >= 0.3 is 5.97 Å². The SMILES string of the molecule is NCCN1CCCCC1.O=C(NCCN1CCCCC1)c1ccc2c(c1)NC(=O)c1csc(n1)-c1ccnc(c1)NCCCCCO2.O=C(O)c1ccc2c(c1)NC(=O)c1csc(n1)-c1ccnc(c1)NCCCCCO2. The Balaban J connectivity index is 0.000000178. The molecule has 19 nitrogen and oxygen atoms in total. The zero-order valence-corrected chi connectivity index (χ0v) is 45.2. The number of hydrogen-bond acceptors (Lipinski definition) is 17. The molecular formula is C56H70N12O7S2. The van der Waals surface area contributed by atoms with Crippen LogP contribution in [0.15, 0.2) is 83.8 Å². The van der Waals surface area contributed by atoms with Gasteiger partial charge in [0.25, 0.3) is 17.7 Å². The Bertz CT molecular complexity index is 2880. The number of amides is 3. The number of nitrogens with one attached hydrogen (secondary N) is 5. The van der Waals surface area contributed by atoms with Gasteiger partial charge in [-0.15, -0.1) is 22.7 Å². The number of thiazole rings is 2. The van der Waals surface area contributed by atoms with Crippen molar-refractivity contribution in [3.63, 3.8) is 0 Å². The van der Waals surface area contributed by atoms with Crippen molar-refractivity contribution in [3.05, 3.63) is 106 Å². The zero-order chi connectivity index (χ0) is 53.6. The van der Waals surface area contributed by atoms with Crippen molar-refractivity contribution in [2.45, 2.75) is 77.0 Å². The Morgan fingerprint density at radius 2 is 1.09 bits per heavy atom. The molecule has 2 fully saturated rings. The number of benzene rings is 2. The van der Waals surface area contributed by atoms with Crippen LogP contribution in [-0.4, -0.2) is 137 Å². The Hall–Kier alpha value is -7.04. The van der Waals surface area contributed by atoms with E-state index in [-0.39, 0.29) is 23.1 Å². The summed E-state index contributed by atoms with van der Waals surface area (Å²) >= 11 is 2.76. The standard InChI is InChI=1S/C28H34N6O3S.C21H20N4O4S.C7H16N2/c35-26(31-12-15-34-13-4-2-5-14-34)20-7-8-24-22(17-20)32-27(36)23-19-38-28(33-23)21-9-11-30-25(18-21)29-10-3-1-6-16-37-24;26-19-16-12-30-20(25-16)13-6-8-23-18(11-13)22-7-2-1-3-9-29-17-5-4-14(21(27)28)10-15(17)24-19;8-4-7-9-5-2-1-3-6-9/h7-9,11,17-19H,1-6,10,12-16H2,(H,29,30)(H,31,35)(H,32,36);4-6,8,10-12H,1-3,7,9H2,(H,22,23)(H,24,26)(H,27,28);1-8H2. The molecule has 0 aliphatic carbocycles. The zero-order valence-electron chi connectivity index (χ0n) is 43.5. The van der Waals surface area contributed by atoms with Crippen LogP contribution in [0.25, 0.3) is 21.1 Å². The largest absolute Gasteiger partial charge is 0.491 e. The number of likely N-dealkylation sites (tertiary alicyclic amines) is 2. The molecular weight excluding hydrogens is 1020 g/mol. The van der Waals surface area contributed by atoms with E-state index in [0.29, 0.717) is 58.9 Å². The summed E-state index contributed by atoms with van der Waals surface area (Å²) in [7, 11) is 0. The van der Waals surface area contributed by atoms with Gasteiger partial charge in [-0.3, -0.25) is 14.4 Å². The highest BCUT2D eigenvalue weighted by Crippen LogP contribution is 2.31. The normalized spacial score (nSPS) is 16.5. The van der Waals surface area contributed by atoms with Crippen LogP contribution in [0, 0.1) is 0 Å². The molecule has 0 saturated carbocycles. The number of ether oxygens (including phenoxy) is 2. The number of pyridine rings is 2. The number of hydrogen-bond donors (Lipinski definition) is 7. The lowest BCUT2D eigenvalue weighted by molar-refractivity contribution is 0.0696. The van der Waals surface area contributed by atoms with E-state index in [1.807, 2.05) is 24.3 Å². The summed E-state index contributed by atoms with van der Waals surface area (Å²) in [6.07, 6.45) is 16.9. The summed E-state index contributed by atoms with van der Waals surface area (Å²) < 4.78 is 11.8. The number of nitrogens with zero attached hydrogens (tertiary/aromatic N) is 6. The molecule has 8 N–H and O–H groups in total. The molecule has 0 unspecified atom stereocenters. The summed E-state index contributed by atoms with van der Waals surface area (Å²) in [6.45, 7) is 10.7. The molecule has 21 heteroatoms. The molecule has 4 aliphatic heterocycles. The highest BCUT2D eigenvalue weighted by molar-refractivity contribution is 7.13. The number of anilines is 4. The van der Waals surface area contributed by atoms with Crippen molar-refractivity contribution in [2.75, 3.05) is 99.9 Å². The Morgan fingerprint density at radius 1 is 0.610 bits per heavy atom. The van der Waals surface area contributed by atoms with Crippen molar-refractivity contribution in [1.29, 1.82) is 0 Å². The van der Waals surface area contributed by atoms with E-state index in [4.69, 9.17) is 15.2 Å². The van der Waals surface area contributed by atoms with E-state index in [1.54, 1.807) is 47.4 Å². The van der Waals surface area contributed by atoms with Gasteiger partial charge in [-0.1, -0.05) is 12.8 Å². The lowest BCUT2D eigenvalue weighted by Crippen LogP contribution is -2.37. The lowest BCUT2D eigenvalue weighted by atomic mass is 10.1. The van der Waals surface area contributed by atoms with Crippen LogP contribution in [0.2, 0.25) is 0 Å². The fourth-order valence-electron chi connectivity index (χ4n) is 9.08. The maximum absolute atomic E-state index is 13.1. The second kappa shape index (κ2) is 29.5. The van der Waals surface area contributed by atoms with Crippen LogP contribution < -0.4 is 41.8 Å². The molecule has 77 heavy (non-hydrogen) atoms. The number of rotatable bonds is 7. The molecule has 3 amide bonds. The first-order valence-corrected chi connectivity index (χ1v) is 28.6. The summed E-state index contributed by atoms with van der Waals surface area (Å²) in [6, 6.07) is 17.2. The summed E-state index contributed by atoms with van der Waals surface area (Å²) in [5.41, 5.74) is 9.07. The highest BCUT2D eigenvalue weighted by atomic mass is 32.1. The monoisotopic (exact) mass is 1090 g/mol. The molecule has 4 aliphatic rings. The molecule has 4 aromatic heterocycles. The third kappa shape index (κ3) is 17.2. The van der Waals surface area contributed by atoms with Crippen molar-refractivity contribution in [1.82, 2.24) is 35.1 Å². The number of aromatic nitrogens is 4. The minimum absolute atomic E-state index is 0.0675. The van der Waals surface area contributed by atoms with Crippen LogP contribution >= 0.6 is 22.7 Å². The Labute approximate surface area is 457 Å². The van der Waals surface area contributed by atoms with Gasteiger partial charge in [-0.2, -0.15) is 0 Å². The fraction of sp³-hybridized carbons (Fsp3) is 0.429. The number of piperidine rings is 2. The maximum Gasteiger partial charge on any atom is 0.335 e. The summed E-state index contributed by atoms with van der Waals surface area (Å²) in [5.74, 6) is 0.505. The first kappa shape index (κ1) is 56.2. The number of carbonyl (C=O) groups excluding carboxylic acids is 3. The van der Waals surface area contributed by atoms with E-state index in [9.17, 15) is 24.3 Å². The minimum Gasteiger partial charge on any atom is -0.491 e. The molecule has 10 rings (SSSR count). The quantitative estimate of drug-likeness (QED) is 0.0787. The number of carboxylic acid groups (broad SMARTS) is 1. The molecule has 0 spiro atoms. The first-order valence-electron chi connectivity index (χ1n) is 26.8. The second-order valence-electron chi connectivity index (χ2n) is 19.1. The van der Waals surface area contributed by atoms with Gasteiger partial charge in [0.15, 0.2) is 0 Å². The van der Waals surface area contributed by atoms with Crippen molar-refractivity contribution >= 4 is 69.4 Å². The van der Waals surface area contributed by atoms with Gasteiger partial charge in [0.05, 0.1) is 30.2 Å². The first-order chi connectivity index (χ1) is 37.7. The minimum atomic E-state index is -1.08.